The predicted octanol–water partition coefficient (Wildman–Crippen LogP) is 0.461. The number of carbonyl (C=O) groups is 1. The Morgan fingerprint density at radius 2 is 2.17 bits per heavy atom. The minimum atomic E-state index is -3.25. The third-order valence-corrected chi connectivity index (χ3v) is 5.77. The van der Waals surface area contributed by atoms with E-state index in [9.17, 15) is 13.2 Å². The van der Waals surface area contributed by atoms with Crippen LogP contribution < -0.4 is 11.1 Å². The van der Waals surface area contributed by atoms with Crippen LogP contribution in [-0.2, 0) is 21.2 Å². The largest absolute Gasteiger partial charge is 0.384 e. The van der Waals surface area contributed by atoms with E-state index >= 15 is 0 Å². The number of fused-ring (bicyclic) bond motifs is 1. The molecule has 23 heavy (non-hydrogen) atoms. The second-order valence-electron chi connectivity index (χ2n) is 5.69. The van der Waals surface area contributed by atoms with Crippen molar-refractivity contribution in [3.63, 3.8) is 0 Å². The monoisotopic (exact) mass is 334 g/mol. The lowest BCUT2D eigenvalue weighted by atomic mass is 10.0. The van der Waals surface area contributed by atoms with Gasteiger partial charge in [-0.3, -0.25) is 4.79 Å². The highest BCUT2D eigenvalue weighted by Crippen LogP contribution is 2.34. The van der Waals surface area contributed by atoms with Crippen LogP contribution in [0.15, 0.2) is 35.2 Å². The molecule has 0 fully saturated rings. The molecular weight excluding hydrogens is 316 g/mol. The number of nitrogens with two attached hydrogens (primary N) is 1. The van der Waals surface area contributed by atoms with Gasteiger partial charge in [-0.1, -0.05) is 18.2 Å². The van der Waals surface area contributed by atoms with E-state index in [0.29, 0.717) is 10.7 Å². The molecule has 0 radical (unpaired) electrons. The molecule has 0 saturated heterocycles. The van der Waals surface area contributed by atoms with Crippen LogP contribution in [0.2, 0.25) is 0 Å². The van der Waals surface area contributed by atoms with E-state index in [2.05, 4.69) is 10.4 Å². The molecule has 7 nitrogen and oxygen atoms in total. The summed E-state index contributed by atoms with van der Waals surface area (Å²) in [7, 11) is -3.25. The summed E-state index contributed by atoms with van der Waals surface area (Å²) in [5.74, 6) is -0.0276. The molecule has 0 aliphatic carbocycles. The first-order chi connectivity index (χ1) is 10.9. The number of aryl methyl sites for hydroxylation is 1. The number of hydrogen-bond donors (Lipinski definition) is 2. The molecule has 0 saturated carbocycles. The number of nitrogens with zero attached hydrogens (tertiary/aromatic N) is 2. The maximum absolute atomic E-state index is 12.1. The van der Waals surface area contributed by atoms with Gasteiger partial charge in [-0.05, 0) is 18.6 Å². The third-order valence-electron chi connectivity index (χ3n) is 3.89. The Balaban J connectivity index is 1.65. The fourth-order valence-corrected chi connectivity index (χ4v) is 4.72. The molecule has 1 aromatic carbocycles. The van der Waals surface area contributed by atoms with Gasteiger partial charge in [-0.2, -0.15) is 5.10 Å². The number of carbonyl (C=O) groups excluding carboxylic acids is 1. The number of nitrogen functional groups attached to an aromatic ring is 1. The molecule has 1 aliphatic rings. The van der Waals surface area contributed by atoms with Gasteiger partial charge in [0.25, 0.3) is 0 Å². The summed E-state index contributed by atoms with van der Waals surface area (Å²) in [4.78, 5) is 12.4. The fraction of sp³-hybridized carbons (Fsp3) is 0.333. The van der Waals surface area contributed by atoms with Crippen molar-refractivity contribution >= 4 is 21.6 Å². The maximum atomic E-state index is 12.1. The van der Waals surface area contributed by atoms with Crippen molar-refractivity contribution in [2.24, 2.45) is 0 Å². The Labute approximate surface area is 134 Å². The van der Waals surface area contributed by atoms with Crippen molar-refractivity contribution in [1.29, 1.82) is 0 Å². The van der Waals surface area contributed by atoms with Crippen molar-refractivity contribution in [3.05, 3.63) is 41.6 Å². The Morgan fingerprint density at radius 3 is 2.87 bits per heavy atom. The molecular formula is C15H18N4O3S. The average Bonchev–Trinajstić information content (AvgIpc) is 2.94. The minimum Gasteiger partial charge on any atom is -0.384 e. The van der Waals surface area contributed by atoms with Gasteiger partial charge in [-0.25, -0.2) is 13.1 Å². The van der Waals surface area contributed by atoms with Crippen molar-refractivity contribution in [3.8, 4) is 0 Å². The molecule has 3 rings (SSSR count). The maximum Gasteiger partial charge on any atom is 0.241 e. The van der Waals surface area contributed by atoms with Crippen LogP contribution in [0.3, 0.4) is 0 Å². The second-order valence-corrected chi connectivity index (χ2v) is 7.69. The average molecular weight is 334 g/mol. The molecule has 1 amide bonds. The third kappa shape index (κ3) is 3.07. The van der Waals surface area contributed by atoms with Gasteiger partial charge in [0.1, 0.15) is 12.4 Å². The van der Waals surface area contributed by atoms with Crippen LogP contribution in [0.25, 0.3) is 0 Å². The molecule has 1 aliphatic heterocycles. The first-order valence-electron chi connectivity index (χ1n) is 7.25. The van der Waals surface area contributed by atoms with Gasteiger partial charge in [-0.15, -0.1) is 0 Å². The van der Waals surface area contributed by atoms with Crippen molar-refractivity contribution in [2.75, 3.05) is 18.0 Å². The quantitative estimate of drug-likeness (QED) is 0.845. The zero-order chi connectivity index (χ0) is 16.6. The molecule has 0 bridgehead atoms. The van der Waals surface area contributed by atoms with E-state index in [0.717, 1.165) is 11.3 Å². The van der Waals surface area contributed by atoms with Crippen LogP contribution in [0, 0.1) is 6.92 Å². The standard InChI is InChI=1S/C15H18N4O3S/c1-10-6-14(16)19(18-10)8-15(20)17-7-11-9-23(21,22)13-5-3-2-4-12(11)13/h2-6,11H,7-9,16H2,1H3,(H,17,20). The molecule has 2 heterocycles. The van der Waals surface area contributed by atoms with Gasteiger partial charge in [0.2, 0.25) is 5.91 Å². The molecule has 122 valence electrons. The first kappa shape index (κ1) is 15.5. The zero-order valence-corrected chi connectivity index (χ0v) is 13.5. The second kappa shape index (κ2) is 5.69. The summed E-state index contributed by atoms with van der Waals surface area (Å²) < 4.78 is 25.6. The van der Waals surface area contributed by atoms with E-state index in [1.165, 1.54) is 4.68 Å². The van der Waals surface area contributed by atoms with Gasteiger partial charge in [0, 0.05) is 18.5 Å². The van der Waals surface area contributed by atoms with Gasteiger partial charge < -0.3 is 11.1 Å². The number of anilines is 1. The Bertz CT molecular complexity index is 857. The minimum absolute atomic E-state index is 0.0147. The highest BCUT2D eigenvalue weighted by atomic mass is 32.2. The highest BCUT2D eigenvalue weighted by Gasteiger charge is 2.34. The number of rotatable bonds is 4. The molecule has 2 aromatic rings. The summed E-state index contributed by atoms with van der Waals surface area (Å²) in [6, 6.07) is 8.61. The van der Waals surface area contributed by atoms with Gasteiger partial charge in [0.15, 0.2) is 9.84 Å². The number of amides is 1. The number of nitrogens with one attached hydrogen (secondary N) is 1. The lowest BCUT2D eigenvalue weighted by Gasteiger charge is -2.12. The highest BCUT2D eigenvalue weighted by molar-refractivity contribution is 7.91. The molecule has 1 atom stereocenters. The Kier molecular flexibility index (Phi) is 3.85. The van der Waals surface area contributed by atoms with Crippen LogP contribution in [0.5, 0.6) is 0 Å². The molecule has 3 N–H and O–H groups in total. The Hall–Kier alpha value is -2.35. The van der Waals surface area contributed by atoms with E-state index < -0.39 is 9.84 Å². The number of hydrogen-bond acceptors (Lipinski definition) is 5. The summed E-state index contributed by atoms with van der Waals surface area (Å²) in [5.41, 5.74) is 7.26. The van der Waals surface area contributed by atoms with Crippen LogP contribution in [0.4, 0.5) is 5.82 Å². The summed E-state index contributed by atoms with van der Waals surface area (Å²) in [6.07, 6.45) is 0. The zero-order valence-electron chi connectivity index (χ0n) is 12.7. The van der Waals surface area contributed by atoms with Crippen molar-refractivity contribution in [2.45, 2.75) is 24.3 Å². The van der Waals surface area contributed by atoms with E-state index in [4.69, 9.17) is 5.73 Å². The van der Waals surface area contributed by atoms with Gasteiger partial charge >= 0.3 is 0 Å². The van der Waals surface area contributed by atoms with Gasteiger partial charge in [0.05, 0.1) is 16.3 Å². The summed E-state index contributed by atoms with van der Waals surface area (Å²) >= 11 is 0. The van der Waals surface area contributed by atoms with Crippen LogP contribution >= 0.6 is 0 Å². The molecule has 8 heteroatoms. The predicted molar refractivity (Wildman–Crippen MR) is 85.6 cm³/mol. The normalized spacial score (nSPS) is 18.6. The van der Waals surface area contributed by atoms with E-state index in [-0.39, 0.29) is 30.7 Å². The number of sulfone groups is 1. The first-order valence-corrected chi connectivity index (χ1v) is 8.90. The SMILES string of the molecule is Cc1cc(N)n(CC(=O)NCC2CS(=O)(=O)c3ccccc32)n1. The smallest absolute Gasteiger partial charge is 0.241 e. The number of aromatic nitrogens is 2. The van der Waals surface area contributed by atoms with E-state index in [1.54, 1.807) is 31.2 Å². The summed E-state index contributed by atoms with van der Waals surface area (Å²) in [5, 5.41) is 6.89. The van der Waals surface area contributed by atoms with Crippen LogP contribution in [-0.4, -0.2) is 36.4 Å². The summed E-state index contributed by atoms with van der Waals surface area (Å²) in [6.45, 7) is 2.08. The molecule has 1 aromatic heterocycles. The fourth-order valence-electron chi connectivity index (χ4n) is 2.84. The van der Waals surface area contributed by atoms with Crippen molar-refractivity contribution < 1.29 is 13.2 Å². The molecule has 1 unspecified atom stereocenters. The van der Waals surface area contributed by atoms with Crippen molar-refractivity contribution in [1.82, 2.24) is 15.1 Å². The van der Waals surface area contributed by atoms with E-state index in [1.807, 2.05) is 6.07 Å². The number of benzene rings is 1. The lowest BCUT2D eigenvalue weighted by Crippen LogP contribution is -2.32. The topological polar surface area (TPSA) is 107 Å². The Morgan fingerprint density at radius 1 is 1.43 bits per heavy atom. The molecule has 0 spiro atoms. The lowest BCUT2D eigenvalue weighted by molar-refractivity contribution is -0.121. The van der Waals surface area contributed by atoms with Crippen LogP contribution in [0.1, 0.15) is 17.2 Å².